The number of benzene rings is 1. The Hall–Kier alpha value is -1.50. The molecule has 0 unspecified atom stereocenters. The molecule has 1 aromatic heterocycles. The SMILES string of the molecule is CCN1C(SCC(=O)Nc2ccccc2Cl)=c2cc(C)sc2=N[C@@H]1C. The van der Waals surface area contributed by atoms with E-state index >= 15 is 0 Å². The minimum atomic E-state index is -0.0645. The number of thiophene rings is 1. The normalized spacial score (nSPS) is 16.4. The van der Waals surface area contributed by atoms with E-state index in [1.165, 1.54) is 4.88 Å². The van der Waals surface area contributed by atoms with Crippen LogP contribution in [0, 0.1) is 6.92 Å². The Balaban J connectivity index is 1.80. The van der Waals surface area contributed by atoms with Gasteiger partial charge in [0.05, 0.1) is 21.5 Å². The van der Waals surface area contributed by atoms with Crippen molar-refractivity contribution in [3.8, 4) is 0 Å². The number of aryl methyl sites for hydroxylation is 1. The molecule has 1 aliphatic rings. The average molecular weight is 394 g/mol. The fraction of sp³-hybridized carbons (Fsp3) is 0.333. The van der Waals surface area contributed by atoms with Crippen molar-refractivity contribution in [2.24, 2.45) is 4.99 Å². The van der Waals surface area contributed by atoms with Gasteiger partial charge in [-0.25, -0.2) is 4.99 Å². The van der Waals surface area contributed by atoms with Crippen molar-refractivity contribution in [2.75, 3.05) is 17.6 Å². The number of thioether (sulfide) groups is 1. The van der Waals surface area contributed by atoms with Crippen molar-refractivity contribution in [2.45, 2.75) is 26.9 Å². The van der Waals surface area contributed by atoms with E-state index in [-0.39, 0.29) is 12.1 Å². The molecule has 1 aromatic carbocycles. The van der Waals surface area contributed by atoms with Crippen LogP contribution in [0.3, 0.4) is 0 Å². The molecule has 0 fully saturated rings. The second-order valence-electron chi connectivity index (χ2n) is 5.74. The second-order valence-corrected chi connectivity index (χ2v) is 8.35. The fourth-order valence-corrected chi connectivity index (χ4v) is 5.06. The van der Waals surface area contributed by atoms with Gasteiger partial charge in [0.15, 0.2) is 0 Å². The van der Waals surface area contributed by atoms with Gasteiger partial charge in [-0.15, -0.1) is 11.3 Å². The molecule has 132 valence electrons. The van der Waals surface area contributed by atoms with E-state index in [4.69, 9.17) is 16.6 Å². The summed E-state index contributed by atoms with van der Waals surface area (Å²) in [6, 6.07) is 9.43. The minimum absolute atomic E-state index is 0.0645. The molecule has 1 atom stereocenters. The van der Waals surface area contributed by atoms with E-state index in [9.17, 15) is 4.79 Å². The number of halogens is 1. The first-order chi connectivity index (χ1) is 12.0. The van der Waals surface area contributed by atoms with Gasteiger partial charge in [-0.1, -0.05) is 35.5 Å². The number of hydrogen-bond acceptors (Lipinski definition) is 5. The van der Waals surface area contributed by atoms with E-state index in [1.807, 2.05) is 12.1 Å². The molecule has 4 nitrogen and oxygen atoms in total. The van der Waals surface area contributed by atoms with Crippen molar-refractivity contribution in [1.29, 1.82) is 0 Å². The van der Waals surface area contributed by atoms with Gasteiger partial charge in [-0.05, 0) is 39.0 Å². The summed E-state index contributed by atoms with van der Waals surface area (Å²) in [6.07, 6.45) is 0.0877. The topological polar surface area (TPSA) is 44.7 Å². The first-order valence-electron chi connectivity index (χ1n) is 8.12. The number of para-hydroxylation sites is 1. The van der Waals surface area contributed by atoms with Gasteiger partial charge < -0.3 is 10.2 Å². The molecule has 0 saturated heterocycles. The molecule has 7 heteroatoms. The summed E-state index contributed by atoms with van der Waals surface area (Å²) in [6.45, 7) is 7.14. The predicted molar refractivity (Wildman–Crippen MR) is 108 cm³/mol. The lowest BCUT2D eigenvalue weighted by molar-refractivity contribution is -0.113. The van der Waals surface area contributed by atoms with Crippen molar-refractivity contribution in [3.05, 3.63) is 50.1 Å². The summed E-state index contributed by atoms with van der Waals surface area (Å²) < 4.78 is 1.06. The third-order valence-electron chi connectivity index (χ3n) is 3.91. The molecule has 0 spiro atoms. The molecule has 1 N–H and O–H groups in total. The number of anilines is 1. The van der Waals surface area contributed by atoms with Gasteiger partial charge in [0.25, 0.3) is 0 Å². The summed E-state index contributed by atoms with van der Waals surface area (Å²) >= 11 is 9.37. The quantitative estimate of drug-likeness (QED) is 0.846. The molecule has 1 amide bonds. The van der Waals surface area contributed by atoms with E-state index < -0.39 is 0 Å². The van der Waals surface area contributed by atoms with Gasteiger partial charge in [-0.2, -0.15) is 0 Å². The van der Waals surface area contributed by atoms with Crippen LogP contribution in [-0.2, 0) is 4.79 Å². The van der Waals surface area contributed by atoms with Crippen LogP contribution in [-0.4, -0.2) is 29.3 Å². The first-order valence-corrected chi connectivity index (χ1v) is 10.3. The van der Waals surface area contributed by atoms with Crippen LogP contribution in [0.5, 0.6) is 0 Å². The average Bonchev–Trinajstić information content (AvgIpc) is 2.94. The van der Waals surface area contributed by atoms with Crippen LogP contribution in [0.2, 0.25) is 5.02 Å². The zero-order valence-corrected chi connectivity index (χ0v) is 16.8. The molecular formula is C18H20ClN3OS2. The zero-order chi connectivity index (χ0) is 18.0. The predicted octanol–water partition coefficient (Wildman–Crippen LogP) is 3.45. The van der Waals surface area contributed by atoms with Crippen LogP contribution in [0.15, 0.2) is 35.3 Å². The summed E-state index contributed by atoms with van der Waals surface area (Å²) in [7, 11) is 0. The Morgan fingerprint density at radius 3 is 2.92 bits per heavy atom. The fourth-order valence-electron chi connectivity index (χ4n) is 2.77. The molecule has 2 aromatic rings. The van der Waals surface area contributed by atoms with Crippen LogP contribution in [0.1, 0.15) is 18.7 Å². The van der Waals surface area contributed by atoms with E-state index in [0.29, 0.717) is 16.5 Å². The maximum atomic E-state index is 12.4. The van der Waals surface area contributed by atoms with Crippen molar-refractivity contribution in [1.82, 2.24) is 4.90 Å². The summed E-state index contributed by atoms with van der Waals surface area (Å²) in [5, 5.41) is 5.69. The Labute approximate surface area is 160 Å². The standard InChI is InChI=1S/C18H20ClN3OS2/c1-4-22-12(3)20-17-13(9-11(2)25-17)18(22)24-10-16(23)21-15-8-6-5-7-14(15)19/h5-9,12H,4,10H2,1-3H3,(H,21,23)/t12-/m0/s1. The van der Waals surface area contributed by atoms with Gasteiger partial charge in [0.1, 0.15) is 10.8 Å². The highest BCUT2D eigenvalue weighted by atomic mass is 35.5. The Morgan fingerprint density at radius 1 is 1.44 bits per heavy atom. The monoisotopic (exact) mass is 393 g/mol. The number of nitrogens with one attached hydrogen (secondary N) is 1. The molecular weight excluding hydrogens is 374 g/mol. The third kappa shape index (κ3) is 4.02. The van der Waals surface area contributed by atoms with E-state index in [2.05, 4.69) is 37.1 Å². The molecule has 3 rings (SSSR count). The maximum absolute atomic E-state index is 12.4. The van der Waals surface area contributed by atoms with Crippen molar-refractivity contribution >= 4 is 51.3 Å². The Morgan fingerprint density at radius 2 is 2.20 bits per heavy atom. The number of nitrogens with zero attached hydrogens (tertiary/aromatic N) is 2. The molecule has 1 aliphatic heterocycles. The lowest BCUT2D eigenvalue weighted by Gasteiger charge is -2.31. The van der Waals surface area contributed by atoms with Crippen molar-refractivity contribution in [3.63, 3.8) is 0 Å². The van der Waals surface area contributed by atoms with E-state index in [0.717, 1.165) is 21.5 Å². The summed E-state index contributed by atoms with van der Waals surface area (Å²) in [5.74, 6) is 0.267. The molecule has 25 heavy (non-hydrogen) atoms. The van der Waals surface area contributed by atoms with Gasteiger partial charge >= 0.3 is 0 Å². The number of hydrogen-bond donors (Lipinski definition) is 1. The maximum Gasteiger partial charge on any atom is 0.234 e. The number of carbonyl (C=O) groups excluding carboxylic acids is 1. The Bertz CT molecular complexity index is 909. The van der Waals surface area contributed by atoms with E-state index in [1.54, 1.807) is 35.2 Å². The van der Waals surface area contributed by atoms with Gasteiger partial charge in [0, 0.05) is 16.6 Å². The number of rotatable bonds is 5. The van der Waals surface area contributed by atoms with Crippen LogP contribution >= 0.6 is 34.7 Å². The highest BCUT2D eigenvalue weighted by Gasteiger charge is 2.22. The highest BCUT2D eigenvalue weighted by Crippen LogP contribution is 2.26. The Kier molecular flexibility index (Phi) is 5.71. The molecule has 0 saturated carbocycles. The van der Waals surface area contributed by atoms with Gasteiger partial charge in [-0.3, -0.25) is 4.79 Å². The lowest BCUT2D eigenvalue weighted by Crippen LogP contribution is -2.42. The second kappa shape index (κ2) is 7.81. The number of carbonyl (C=O) groups is 1. The van der Waals surface area contributed by atoms with Crippen molar-refractivity contribution < 1.29 is 4.79 Å². The third-order valence-corrected chi connectivity index (χ3v) is 6.33. The summed E-state index contributed by atoms with van der Waals surface area (Å²) in [5.41, 5.74) is 0.645. The molecule has 0 radical (unpaired) electrons. The highest BCUT2D eigenvalue weighted by molar-refractivity contribution is 8.08. The molecule has 0 bridgehead atoms. The van der Waals surface area contributed by atoms with Crippen LogP contribution in [0.25, 0.3) is 5.03 Å². The number of fused-ring (bicyclic) bond motifs is 1. The zero-order valence-electron chi connectivity index (χ0n) is 14.4. The smallest absolute Gasteiger partial charge is 0.234 e. The van der Waals surface area contributed by atoms with Gasteiger partial charge in [0.2, 0.25) is 5.91 Å². The largest absolute Gasteiger partial charge is 0.344 e. The number of amides is 1. The van der Waals surface area contributed by atoms with Crippen LogP contribution in [0.4, 0.5) is 5.69 Å². The minimum Gasteiger partial charge on any atom is -0.344 e. The lowest BCUT2D eigenvalue weighted by atomic mass is 10.3. The first kappa shape index (κ1) is 18.3. The van der Waals surface area contributed by atoms with Crippen LogP contribution < -0.4 is 15.2 Å². The molecule has 2 heterocycles. The summed E-state index contributed by atoms with van der Waals surface area (Å²) in [4.78, 5) is 20.6. The molecule has 0 aliphatic carbocycles.